The minimum absolute atomic E-state index is 0.225. The number of aryl methyl sites for hydroxylation is 2. The normalized spacial score (nSPS) is 13.0. The molecule has 1 aromatic carbocycles. The van der Waals surface area contributed by atoms with Gasteiger partial charge in [-0.05, 0) is 50.6 Å². The Morgan fingerprint density at radius 3 is 2.71 bits per heavy atom. The third-order valence-electron chi connectivity index (χ3n) is 3.76. The zero-order valence-corrected chi connectivity index (χ0v) is 15.3. The average molecular weight is 384 g/mol. The van der Waals surface area contributed by atoms with Crippen LogP contribution >= 0.6 is 38.9 Å². The molecule has 110 valence electrons. The van der Waals surface area contributed by atoms with Gasteiger partial charge in [-0.3, -0.25) is 0 Å². The maximum absolute atomic E-state index is 6.13. The van der Waals surface area contributed by atoms with Crippen LogP contribution in [0, 0.1) is 13.8 Å². The first kappa shape index (κ1) is 15.1. The van der Waals surface area contributed by atoms with Gasteiger partial charge < -0.3 is 4.57 Å². The summed E-state index contributed by atoms with van der Waals surface area (Å²) >= 11 is 11.5. The fourth-order valence-electron chi connectivity index (χ4n) is 2.85. The molecule has 0 saturated carbocycles. The number of thiophene rings is 1. The molecule has 0 saturated heterocycles. The van der Waals surface area contributed by atoms with E-state index in [1.807, 2.05) is 23.5 Å². The van der Waals surface area contributed by atoms with Crippen LogP contribution in [-0.2, 0) is 5.88 Å². The van der Waals surface area contributed by atoms with Gasteiger partial charge in [-0.15, -0.1) is 22.9 Å². The Kier molecular flexibility index (Phi) is 4.12. The topological polar surface area (TPSA) is 17.8 Å². The number of fused-ring (bicyclic) bond motifs is 1. The number of nitrogens with zero attached hydrogens (tertiary/aromatic N) is 2. The van der Waals surface area contributed by atoms with Gasteiger partial charge in [0.2, 0.25) is 0 Å². The van der Waals surface area contributed by atoms with Crippen LogP contribution in [0.5, 0.6) is 0 Å². The van der Waals surface area contributed by atoms with Crippen LogP contribution in [0.1, 0.15) is 34.1 Å². The summed E-state index contributed by atoms with van der Waals surface area (Å²) < 4.78 is 3.31. The molecule has 2 aromatic heterocycles. The number of alkyl halides is 1. The molecule has 0 spiro atoms. The van der Waals surface area contributed by atoms with E-state index in [1.165, 1.54) is 15.3 Å². The first-order valence-electron chi connectivity index (χ1n) is 6.80. The maximum atomic E-state index is 6.13. The van der Waals surface area contributed by atoms with Crippen molar-refractivity contribution < 1.29 is 0 Å². The third kappa shape index (κ3) is 2.65. The Bertz CT molecular complexity index is 806. The highest BCUT2D eigenvalue weighted by atomic mass is 79.9. The molecule has 1 unspecified atom stereocenters. The lowest BCUT2D eigenvalue weighted by atomic mass is 10.1. The second kappa shape index (κ2) is 5.75. The second-order valence-corrected chi connectivity index (χ2v) is 7.85. The van der Waals surface area contributed by atoms with Crippen molar-refractivity contribution in [3.05, 3.63) is 49.9 Å². The molecule has 0 aliphatic heterocycles. The van der Waals surface area contributed by atoms with Crippen molar-refractivity contribution in [1.82, 2.24) is 9.55 Å². The summed E-state index contributed by atoms with van der Waals surface area (Å²) in [6.45, 7) is 6.55. The fraction of sp³-hybridized carbons (Fsp3) is 0.312. The minimum Gasteiger partial charge on any atom is -0.320 e. The molecule has 0 aliphatic carbocycles. The van der Waals surface area contributed by atoms with Crippen molar-refractivity contribution in [2.45, 2.75) is 32.7 Å². The monoisotopic (exact) mass is 382 g/mol. The minimum atomic E-state index is 0.225. The first-order valence-corrected chi connectivity index (χ1v) is 8.95. The Balaban J connectivity index is 2.22. The van der Waals surface area contributed by atoms with Crippen LogP contribution in [0.4, 0.5) is 0 Å². The van der Waals surface area contributed by atoms with E-state index in [0.717, 1.165) is 21.3 Å². The lowest BCUT2D eigenvalue weighted by molar-refractivity contribution is 0.633. The summed E-state index contributed by atoms with van der Waals surface area (Å²) in [4.78, 5) is 7.37. The SMILES string of the molecule is Cc1cc(C(C)n2c(CCl)nc3ccc(Br)cc32)c(C)s1. The van der Waals surface area contributed by atoms with Gasteiger partial charge >= 0.3 is 0 Å². The molecule has 0 radical (unpaired) electrons. The molecule has 2 nitrogen and oxygen atoms in total. The summed E-state index contributed by atoms with van der Waals surface area (Å²) in [5, 5.41) is 0. The average Bonchev–Trinajstić information content (AvgIpc) is 2.97. The van der Waals surface area contributed by atoms with E-state index < -0.39 is 0 Å². The smallest absolute Gasteiger partial charge is 0.125 e. The predicted molar refractivity (Wildman–Crippen MR) is 94.6 cm³/mol. The molecule has 21 heavy (non-hydrogen) atoms. The van der Waals surface area contributed by atoms with Gasteiger partial charge in [0.25, 0.3) is 0 Å². The van der Waals surface area contributed by atoms with Gasteiger partial charge in [-0.1, -0.05) is 15.9 Å². The third-order valence-corrected chi connectivity index (χ3v) is 5.47. The number of hydrogen-bond acceptors (Lipinski definition) is 2. The lowest BCUT2D eigenvalue weighted by Crippen LogP contribution is -2.10. The van der Waals surface area contributed by atoms with Crippen molar-refractivity contribution >= 4 is 49.9 Å². The molecule has 2 heterocycles. The first-order chi connectivity index (χ1) is 10.0. The van der Waals surface area contributed by atoms with E-state index in [1.54, 1.807) is 0 Å². The largest absolute Gasteiger partial charge is 0.320 e. The highest BCUT2D eigenvalue weighted by Gasteiger charge is 2.19. The number of aromatic nitrogens is 2. The molecule has 1 atom stereocenters. The van der Waals surface area contributed by atoms with Gasteiger partial charge in [-0.2, -0.15) is 0 Å². The van der Waals surface area contributed by atoms with Crippen LogP contribution in [0.15, 0.2) is 28.7 Å². The molecule has 0 aliphatic rings. The van der Waals surface area contributed by atoms with Crippen LogP contribution in [-0.4, -0.2) is 9.55 Å². The molecular weight excluding hydrogens is 368 g/mol. The highest BCUT2D eigenvalue weighted by molar-refractivity contribution is 9.10. The fourth-order valence-corrected chi connectivity index (χ4v) is 4.40. The molecule has 3 rings (SSSR count). The van der Waals surface area contributed by atoms with E-state index in [4.69, 9.17) is 11.6 Å². The highest BCUT2D eigenvalue weighted by Crippen LogP contribution is 2.33. The van der Waals surface area contributed by atoms with Crippen molar-refractivity contribution in [3.63, 3.8) is 0 Å². The zero-order chi connectivity index (χ0) is 15.1. The van der Waals surface area contributed by atoms with Crippen LogP contribution in [0.2, 0.25) is 0 Å². The lowest BCUT2D eigenvalue weighted by Gasteiger charge is -2.17. The van der Waals surface area contributed by atoms with E-state index in [2.05, 4.69) is 58.4 Å². The van der Waals surface area contributed by atoms with Crippen LogP contribution in [0.3, 0.4) is 0 Å². The molecule has 0 amide bonds. The van der Waals surface area contributed by atoms with Crippen LogP contribution < -0.4 is 0 Å². The summed E-state index contributed by atoms with van der Waals surface area (Å²) in [5.41, 5.74) is 3.46. The second-order valence-electron chi connectivity index (χ2n) is 5.21. The van der Waals surface area contributed by atoms with Gasteiger partial charge in [0.15, 0.2) is 0 Å². The maximum Gasteiger partial charge on any atom is 0.125 e. The number of halogens is 2. The number of imidazole rings is 1. The number of rotatable bonds is 3. The van der Waals surface area contributed by atoms with Crippen molar-refractivity contribution in [2.75, 3.05) is 0 Å². The molecule has 0 N–H and O–H groups in total. The molecule has 3 aromatic rings. The van der Waals surface area contributed by atoms with E-state index >= 15 is 0 Å². The summed E-state index contributed by atoms with van der Waals surface area (Å²) in [7, 11) is 0. The number of benzene rings is 1. The number of hydrogen-bond donors (Lipinski definition) is 0. The molecule has 0 bridgehead atoms. The summed E-state index contributed by atoms with van der Waals surface area (Å²) in [6.07, 6.45) is 0. The van der Waals surface area contributed by atoms with Crippen LogP contribution in [0.25, 0.3) is 11.0 Å². The van der Waals surface area contributed by atoms with Gasteiger partial charge in [0, 0.05) is 14.2 Å². The Morgan fingerprint density at radius 1 is 1.33 bits per heavy atom. The summed E-state index contributed by atoms with van der Waals surface area (Å²) in [5.74, 6) is 1.33. The predicted octanol–water partition coefficient (Wildman–Crippen LogP) is 5.83. The van der Waals surface area contributed by atoms with Gasteiger partial charge in [0.05, 0.1) is 23.0 Å². The van der Waals surface area contributed by atoms with E-state index in [-0.39, 0.29) is 6.04 Å². The van der Waals surface area contributed by atoms with Crippen molar-refractivity contribution in [3.8, 4) is 0 Å². The Hall–Kier alpha value is -0.840. The standard InChI is InChI=1S/C16H16BrClN2S/c1-9-6-13(11(3)21-9)10(2)20-15-7-12(17)4-5-14(15)19-16(20)8-18/h4-7,10H,8H2,1-3H3. The van der Waals surface area contributed by atoms with E-state index in [9.17, 15) is 0 Å². The molecular formula is C16H16BrClN2S. The van der Waals surface area contributed by atoms with Gasteiger partial charge in [0.1, 0.15) is 5.82 Å². The zero-order valence-electron chi connectivity index (χ0n) is 12.2. The van der Waals surface area contributed by atoms with Crippen molar-refractivity contribution in [1.29, 1.82) is 0 Å². The quantitative estimate of drug-likeness (QED) is 0.521. The van der Waals surface area contributed by atoms with E-state index in [0.29, 0.717) is 5.88 Å². The van der Waals surface area contributed by atoms with Gasteiger partial charge in [-0.25, -0.2) is 4.98 Å². The molecule has 0 fully saturated rings. The Labute approximate surface area is 141 Å². The molecule has 5 heteroatoms. The Morgan fingerprint density at radius 2 is 2.10 bits per heavy atom. The summed E-state index contributed by atoms with van der Waals surface area (Å²) in [6, 6.07) is 8.66. The van der Waals surface area contributed by atoms with Crippen molar-refractivity contribution in [2.24, 2.45) is 0 Å².